The van der Waals surface area contributed by atoms with Crippen LogP contribution in [0.1, 0.15) is 45.6 Å². The van der Waals surface area contributed by atoms with Crippen molar-refractivity contribution in [2.75, 3.05) is 18.0 Å². The maximum absolute atomic E-state index is 4.56. The van der Waals surface area contributed by atoms with Gasteiger partial charge in [-0.3, -0.25) is 0 Å². The fraction of sp³-hybridized carbons (Fsp3) is 0.688. The topological polar surface area (TPSA) is 28.2 Å². The summed E-state index contributed by atoms with van der Waals surface area (Å²) in [6.45, 7) is 9.91. The molecule has 0 saturated carbocycles. The lowest BCUT2D eigenvalue weighted by Crippen LogP contribution is -2.35. The van der Waals surface area contributed by atoms with Crippen LogP contribution in [-0.4, -0.2) is 24.1 Å². The molecule has 1 atom stereocenters. The van der Waals surface area contributed by atoms with Gasteiger partial charge in [-0.1, -0.05) is 27.2 Å². The first-order chi connectivity index (χ1) is 9.19. The Labute approximate surface area is 117 Å². The molecule has 1 aromatic rings. The van der Waals surface area contributed by atoms with Crippen molar-refractivity contribution >= 4 is 5.82 Å². The van der Waals surface area contributed by atoms with Crippen molar-refractivity contribution in [3.63, 3.8) is 0 Å². The van der Waals surface area contributed by atoms with Crippen LogP contribution in [0.25, 0.3) is 0 Å². The van der Waals surface area contributed by atoms with E-state index in [4.69, 9.17) is 0 Å². The van der Waals surface area contributed by atoms with Crippen LogP contribution >= 0.6 is 0 Å². The van der Waals surface area contributed by atoms with Crippen LogP contribution in [0.4, 0.5) is 5.82 Å². The molecule has 0 amide bonds. The zero-order valence-electron chi connectivity index (χ0n) is 12.5. The Balaban J connectivity index is 2.01. The number of hydrogen-bond acceptors (Lipinski definition) is 3. The summed E-state index contributed by atoms with van der Waals surface area (Å²) >= 11 is 0. The number of rotatable bonds is 5. The minimum atomic E-state index is 0.524. The molecule has 0 aliphatic carbocycles. The van der Waals surface area contributed by atoms with Crippen LogP contribution in [0, 0.1) is 5.92 Å². The van der Waals surface area contributed by atoms with Crippen LogP contribution < -0.4 is 10.2 Å². The first-order valence-electron chi connectivity index (χ1n) is 7.62. The molecule has 3 heteroatoms. The van der Waals surface area contributed by atoms with Gasteiger partial charge in [-0.25, -0.2) is 4.98 Å². The Hall–Kier alpha value is -1.09. The molecule has 0 bridgehead atoms. The molecule has 0 aromatic carbocycles. The number of aromatic nitrogens is 1. The molecule has 1 aliphatic rings. The van der Waals surface area contributed by atoms with Gasteiger partial charge in [-0.2, -0.15) is 0 Å². The predicted molar refractivity (Wildman–Crippen MR) is 81.4 cm³/mol. The molecule has 0 radical (unpaired) electrons. The van der Waals surface area contributed by atoms with Crippen LogP contribution in [0.5, 0.6) is 0 Å². The maximum Gasteiger partial charge on any atom is 0.128 e. The van der Waals surface area contributed by atoms with Crippen LogP contribution in [0.3, 0.4) is 0 Å². The SMILES string of the molecule is CCC1CCCN(c2cc(CNC(C)C)ccn2)C1. The third-order valence-electron chi connectivity index (χ3n) is 3.94. The standard InChI is InChI=1S/C16H27N3/c1-4-14-6-5-9-19(12-14)16-10-15(7-8-17-16)11-18-13(2)3/h7-8,10,13-14,18H,4-6,9,11-12H2,1-3H3. The van der Waals surface area contributed by atoms with Crippen molar-refractivity contribution in [1.29, 1.82) is 0 Å². The van der Waals surface area contributed by atoms with Gasteiger partial charge in [0.1, 0.15) is 5.82 Å². The van der Waals surface area contributed by atoms with Gasteiger partial charge in [0, 0.05) is 31.9 Å². The van der Waals surface area contributed by atoms with E-state index in [9.17, 15) is 0 Å². The molecule has 1 saturated heterocycles. The lowest BCUT2D eigenvalue weighted by molar-refractivity contribution is 0.403. The van der Waals surface area contributed by atoms with E-state index in [1.165, 1.54) is 31.4 Å². The Kier molecular flexibility index (Phi) is 5.20. The smallest absolute Gasteiger partial charge is 0.128 e. The quantitative estimate of drug-likeness (QED) is 0.882. The summed E-state index contributed by atoms with van der Waals surface area (Å²) < 4.78 is 0. The monoisotopic (exact) mass is 261 g/mol. The number of hydrogen-bond donors (Lipinski definition) is 1. The lowest BCUT2D eigenvalue weighted by atomic mass is 9.95. The largest absolute Gasteiger partial charge is 0.356 e. The highest BCUT2D eigenvalue weighted by Crippen LogP contribution is 2.23. The first-order valence-corrected chi connectivity index (χ1v) is 7.62. The molecule has 1 aromatic heterocycles. The molecule has 1 unspecified atom stereocenters. The molecule has 19 heavy (non-hydrogen) atoms. The van der Waals surface area contributed by atoms with Gasteiger partial charge in [-0.15, -0.1) is 0 Å². The molecule has 2 heterocycles. The highest BCUT2D eigenvalue weighted by Gasteiger charge is 2.19. The van der Waals surface area contributed by atoms with Crippen molar-refractivity contribution < 1.29 is 0 Å². The normalized spacial score (nSPS) is 20.0. The van der Waals surface area contributed by atoms with Gasteiger partial charge in [0.2, 0.25) is 0 Å². The van der Waals surface area contributed by atoms with Crippen molar-refractivity contribution in [1.82, 2.24) is 10.3 Å². The molecule has 1 fully saturated rings. The van der Waals surface area contributed by atoms with E-state index in [0.717, 1.165) is 24.8 Å². The average molecular weight is 261 g/mol. The number of anilines is 1. The average Bonchev–Trinajstić information content (AvgIpc) is 2.45. The lowest BCUT2D eigenvalue weighted by Gasteiger charge is -2.33. The van der Waals surface area contributed by atoms with Gasteiger partial charge in [-0.05, 0) is 36.5 Å². The summed E-state index contributed by atoms with van der Waals surface area (Å²) in [5, 5.41) is 3.47. The number of nitrogens with zero attached hydrogens (tertiary/aromatic N) is 2. The highest BCUT2D eigenvalue weighted by atomic mass is 15.2. The molecule has 2 rings (SSSR count). The summed E-state index contributed by atoms with van der Waals surface area (Å²) in [7, 11) is 0. The Morgan fingerprint density at radius 3 is 3.05 bits per heavy atom. The van der Waals surface area contributed by atoms with Gasteiger partial charge >= 0.3 is 0 Å². The van der Waals surface area contributed by atoms with Gasteiger partial charge in [0.15, 0.2) is 0 Å². The first kappa shape index (κ1) is 14.3. The molecule has 1 N–H and O–H groups in total. The maximum atomic E-state index is 4.56. The van der Waals surface area contributed by atoms with E-state index in [1.54, 1.807) is 0 Å². The Morgan fingerprint density at radius 2 is 2.32 bits per heavy atom. The van der Waals surface area contributed by atoms with Crippen LogP contribution in [0.2, 0.25) is 0 Å². The summed E-state index contributed by atoms with van der Waals surface area (Å²) in [5.41, 5.74) is 1.33. The van der Waals surface area contributed by atoms with Crippen molar-refractivity contribution in [2.24, 2.45) is 5.92 Å². The van der Waals surface area contributed by atoms with Gasteiger partial charge < -0.3 is 10.2 Å². The molecular formula is C16H27N3. The second-order valence-corrected chi connectivity index (χ2v) is 5.92. The van der Waals surface area contributed by atoms with Crippen LogP contribution in [-0.2, 0) is 6.54 Å². The molecule has 1 aliphatic heterocycles. The minimum Gasteiger partial charge on any atom is -0.356 e. The number of pyridine rings is 1. The van der Waals surface area contributed by atoms with Crippen molar-refractivity contribution in [3.8, 4) is 0 Å². The predicted octanol–water partition coefficient (Wildman–Crippen LogP) is 3.21. The van der Waals surface area contributed by atoms with E-state index in [-0.39, 0.29) is 0 Å². The zero-order valence-corrected chi connectivity index (χ0v) is 12.5. The second-order valence-electron chi connectivity index (χ2n) is 5.92. The van der Waals surface area contributed by atoms with E-state index >= 15 is 0 Å². The summed E-state index contributed by atoms with van der Waals surface area (Å²) in [5.74, 6) is 1.99. The second kappa shape index (κ2) is 6.90. The van der Waals surface area contributed by atoms with Crippen molar-refractivity contribution in [3.05, 3.63) is 23.9 Å². The summed E-state index contributed by atoms with van der Waals surface area (Å²) in [6.07, 6.45) is 5.91. The van der Waals surface area contributed by atoms with E-state index in [2.05, 4.69) is 48.1 Å². The third kappa shape index (κ3) is 4.20. The molecule has 106 valence electrons. The highest BCUT2D eigenvalue weighted by molar-refractivity contribution is 5.41. The minimum absolute atomic E-state index is 0.524. The summed E-state index contributed by atoms with van der Waals surface area (Å²) in [4.78, 5) is 7.01. The third-order valence-corrected chi connectivity index (χ3v) is 3.94. The van der Waals surface area contributed by atoms with Gasteiger partial charge in [0.25, 0.3) is 0 Å². The summed E-state index contributed by atoms with van der Waals surface area (Å²) in [6, 6.07) is 4.88. The molecular weight excluding hydrogens is 234 g/mol. The molecule has 3 nitrogen and oxygen atoms in total. The Morgan fingerprint density at radius 1 is 1.47 bits per heavy atom. The number of piperidine rings is 1. The number of nitrogens with one attached hydrogen (secondary N) is 1. The van der Waals surface area contributed by atoms with Gasteiger partial charge in [0.05, 0.1) is 0 Å². The van der Waals surface area contributed by atoms with E-state index in [0.29, 0.717) is 6.04 Å². The zero-order chi connectivity index (χ0) is 13.7. The van der Waals surface area contributed by atoms with E-state index in [1.807, 2.05) is 6.20 Å². The van der Waals surface area contributed by atoms with E-state index < -0.39 is 0 Å². The molecule has 0 spiro atoms. The van der Waals surface area contributed by atoms with Crippen LogP contribution in [0.15, 0.2) is 18.3 Å². The Bertz CT molecular complexity index is 389. The fourth-order valence-corrected chi connectivity index (χ4v) is 2.67. The fourth-order valence-electron chi connectivity index (χ4n) is 2.67. The van der Waals surface area contributed by atoms with Crippen molar-refractivity contribution in [2.45, 2.75) is 52.6 Å².